The normalized spacial score (nSPS) is 12.2. The molecule has 0 aromatic heterocycles. The predicted octanol–water partition coefficient (Wildman–Crippen LogP) is 4.16. The van der Waals surface area contributed by atoms with Crippen molar-refractivity contribution >= 4 is 21.6 Å². The van der Waals surface area contributed by atoms with Gasteiger partial charge in [0.25, 0.3) is 5.91 Å². The van der Waals surface area contributed by atoms with Gasteiger partial charge in [0, 0.05) is 11.3 Å². The molecule has 0 saturated carbocycles. The van der Waals surface area contributed by atoms with Crippen molar-refractivity contribution in [1.82, 2.24) is 5.32 Å². The quantitative estimate of drug-likeness (QED) is 0.588. The van der Waals surface area contributed by atoms with E-state index in [1.54, 1.807) is 31.2 Å². The maximum atomic E-state index is 12.9. The van der Waals surface area contributed by atoms with Crippen molar-refractivity contribution in [3.05, 3.63) is 102 Å². The highest BCUT2D eigenvalue weighted by molar-refractivity contribution is 7.92. The van der Waals surface area contributed by atoms with Gasteiger partial charge < -0.3 is 5.32 Å². The summed E-state index contributed by atoms with van der Waals surface area (Å²) in [6, 6.07) is 26.1. The molecule has 1 atom stereocenters. The summed E-state index contributed by atoms with van der Waals surface area (Å²) in [4.78, 5) is 12.9. The molecule has 3 aromatic rings. The number of amides is 1. The zero-order valence-electron chi connectivity index (χ0n) is 16.2. The summed E-state index contributed by atoms with van der Waals surface area (Å²) in [7, 11) is -3.40. The molecule has 0 radical (unpaired) electrons. The molecule has 0 spiro atoms. The van der Waals surface area contributed by atoms with Gasteiger partial charge in [-0.3, -0.25) is 9.52 Å². The Labute approximate surface area is 171 Å². The Morgan fingerprint density at radius 1 is 0.897 bits per heavy atom. The van der Waals surface area contributed by atoms with Gasteiger partial charge in [0.15, 0.2) is 0 Å². The van der Waals surface area contributed by atoms with E-state index in [2.05, 4.69) is 10.0 Å². The highest BCUT2D eigenvalue weighted by Crippen LogP contribution is 2.20. The highest BCUT2D eigenvalue weighted by Gasteiger charge is 2.17. The van der Waals surface area contributed by atoms with E-state index in [1.165, 1.54) is 0 Å². The van der Waals surface area contributed by atoms with Crippen LogP contribution in [0.4, 0.5) is 5.69 Å². The summed E-state index contributed by atoms with van der Waals surface area (Å²) < 4.78 is 26.1. The first-order valence-corrected chi connectivity index (χ1v) is 11.1. The second-order valence-corrected chi connectivity index (χ2v) is 8.72. The lowest BCUT2D eigenvalue weighted by Crippen LogP contribution is -2.30. The maximum absolute atomic E-state index is 12.9. The maximum Gasteiger partial charge on any atom is 0.251 e. The Kier molecular flexibility index (Phi) is 6.67. The monoisotopic (exact) mass is 408 g/mol. The van der Waals surface area contributed by atoms with Crippen LogP contribution in [0.25, 0.3) is 0 Å². The fourth-order valence-corrected chi connectivity index (χ4v) is 3.64. The lowest BCUT2D eigenvalue weighted by atomic mass is 9.98. The Hall–Kier alpha value is -3.12. The van der Waals surface area contributed by atoms with Crippen molar-refractivity contribution in [2.24, 2.45) is 0 Å². The number of carbonyl (C=O) groups is 1. The van der Waals surface area contributed by atoms with Crippen LogP contribution in [0.2, 0.25) is 0 Å². The third-order valence-corrected chi connectivity index (χ3v) is 5.87. The lowest BCUT2D eigenvalue weighted by Gasteiger charge is -2.20. The van der Waals surface area contributed by atoms with Crippen LogP contribution >= 0.6 is 0 Å². The van der Waals surface area contributed by atoms with Crippen LogP contribution in [0.1, 0.15) is 34.5 Å². The van der Waals surface area contributed by atoms with Crippen LogP contribution in [-0.4, -0.2) is 20.1 Å². The molecule has 0 heterocycles. The molecule has 6 heteroatoms. The first-order valence-electron chi connectivity index (χ1n) is 9.47. The van der Waals surface area contributed by atoms with Crippen LogP contribution in [0.3, 0.4) is 0 Å². The number of hydrogen-bond acceptors (Lipinski definition) is 3. The van der Waals surface area contributed by atoms with E-state index in [1.807, 2.05) is 60.7 Å². The highest BCUT2D eigenvalue weighted by atomic mass is 32.2. The average Bonchev–Trinajstić information content (AvgIpc) is 2.74. The fraction of sp³-hybridized carbons (Fsp3) is 0.174. The van der Waals surface area contributed by atoms with E-state index >= 15 is 0 Å². The number of anilines is 1. The second kappa shape index (κ2) is 9.39. The third-order valence-electron chi connectivity index (χ3n) is 4.57. The van der Waals surface area contributed by atoms with Gasteiger partial charge in [0.05, 0.1) is 11.8 Å². The molecule has 3 rings (SSSR count). The van der Waals surface area contributed by atoms with Crippen LogP contribution < -0.4 is 10.0 Å². The Balaban J connectivity index is 1.81. The molecule has 0 aliphatic rings. The van der Waals surface area contributed by atoms with Gasteiger partial charge in [0.1, 0.15) is 0 Å². The van der Waals surface area contributed by atoms with Gasteiger partial charge in [-0.25, -0.2) is 8.42 Å². The molecule has 3 aromatic carbocycles. The molecule has 0 saturated heterocycles. The van der Waals surface area contributed by atoms with Gasteiger partial charge in [-0.15, -0.1) is 0 Å². The van der Waals surface area contributed by atoms with Crippen LogP contribution in [-0.2, 0) is 16.4 Å². The number of nitrogens with one attached hydrogen (secondary N) is 2. The Bertz CT molecular complexity index is 1050. The lowest BCUT2D eigenvalue weighted by molar-refractivity contribution is 0.0936. The average molecular weight is 409 g/mol. The SMILES string of the molecule is CCS(=O)(=O)Nc1cccc(C(=O)N[C@@H](Cc2ccccc2)c2ccccc2)c1. The minimum atomic E-state index is -3.40. The van der Waals surface area contributed by atoms with Crippen LogP contribution in [0.15, 0.2) is 84.9 Å². The number of sulfonamides is 1. The third kappa shape index (κ3) is 5.93. The Morgan fingerprint density at radius 2 is 1.55 bits per heavy atom. The molecule has 0 bridgehead atoms. The summed E-state index contributed by atoms with van der Waals surface area (Å²) in [6.07, 6.45) is 0.652. The van der Waals surface area contributed by atoms with Crippen molar-refractivity contribution in [3.8, 4) is 0 Å². The van der Waals surface area contributed by atoms with E-state index in [0.717, 1.165) is 11.1 Å². The fourth-order valence-electron chi connectivity index (χ4n) is 3.00. The molecule has 29 heavy (non-hydrogen) atoms. The molecule has 0 aliphatic carbocycles. The van der Waals surface area contributed by atoms with Crippen LogP contribution in [0.5, 0.6) is 0 Å². The van der Waals surface area contributed by atoms with E-state index < -0.39 is 10.0 Å². The van der Waals surface area contributed by atoms with Crippen molar-refractivity contribution in [2.75, 3.05) is 10.5 Å². The molecular weight excluding hydrogens is 384 g/mol. The first kappa shape index (κ1) is 20.6. The van der Waals surface area contributed by atoms with Gasteiger partial charge in [-0.2, -0.15) is 0 Å². The number of hydrogen-bond donors (Lipinski definition) is 2. The van der Waals surface area contributed by atoms with E-state index in [0.29, 0.717) is 17.7 Å². The molecule has 5 nitrogen and oxygen atoms in total. The summed E-state index contributed by atoms with van der Waals surface area (Å²) >= 11 is 0. The molecule has 0 fully saturated rings. The zero-order chi connectivity index (χ0) is 20.7. The second-order valence-electron chi connectivity index (χ2n) is 6.71. The molecule has 150 valence electrons. The van der Waals surface area contributed by atoms with Gasteiger partial charge in [-0.1, -0.05) is 66.7 Å². The summed E-state index contributed by atoms with van der Waals surface area (Å²) in [5, 5.41) is 3.09. The van der Waals surface area contributed by atoms with E-state index in [-0.39, 0.29) is 17.7 Å². The van der Waals surface area contributed by atoms with E-state index in [9.17, 15) is 13.2 Å². The molecular formula is C23H24N2O3S. The minimum absolute atomic E-state index is 0.0312. The standard InChI is InChI=1S/C23H24N2O3S/c1-2-29(27,28)25-21-15-9-14-20(17-21)23(26)24-22(19-12-7-4-8-13-19)16-18-10-5-3-6-11-18/h3-15,17,22,25H,2,16H2,1H3,(H,24,26)/t22-/m0/s1. The predicted molar refractivity (Wildman–Crippen MR) is 116 cm³/mol. The first-order chi connectivity index (χ1) is 14.0. The van der Waals surface area contributed by atoms with Crippen molar-refractivity contribution in [3.63, 3.8) is 0 Å². The largest absolute Gasteiger partial charge is 0.345 e. The summed E-state index contributed by atoms with van der Waals surface area (Å²) in [6.45, 7) is 1.56. The van der Waals surface area contributed by atoms with Gasteiger partial charge in [-0.05, 0) is 42.7 Å². The summed E-state index contributed by atoms with van der Waals surface area (Å²) in [5.74, 6) is -0.288. The minimum Gasteiger partial charge on any atom is -0.345 e. The molecule has 0 aliphatic heterocycles. The van der Waals surface area contributed by atoms with E-state index in [4.69, 9.17) is 0 Å². The zero-order valence-corrected chi connectivity index (χ0v) is 17.0. The van der Waals surface area contributed by atoms with Crippen LogP contribution in [0, 0.1) is 0 Å². The van der Waals surface area contributed by atoms with Gasteiger partial charge in [0.2, 0.25) is 10.0 Å². The number of carbonyl (C=O) groups excluding carboxylic acids is 1. The molecule has 1 amide bonds. The Morgan fingerprint density at radius 3 is 2.21 bits per heavy atom. The van der Waals surface area contributed by atoms with Crippen molar-refractivity contribution in [1.29, 1.82) is 0 Å². The van der Waals surface area contributed by atoms with Gasteiger partial charge >= 0.3 is 0 Å². The smallest absolute Gasteiger partial charge is 0.251 e. The molecule has 2 N–H and O–H groups in total. The van der Waals surface area contributed by atoms with Crippen molar-refractivity contribution < 1.29 is 13.2 Å². The topological polar surface area (TPSA) is 75.3 Å². The molecule has 0 unspecified atom stereocenters. The number of rotatable bonds is 8. The summed E-state index contributed by atoms with van der Waals surface area (Å²) in [5.41, 5.74) is 2.90. The number of benzene rings is 3. The van der Waals surface area contributed by atoms with Crippen molar-refractivity contribution in [2.45, 2.75) is 19.4 Å².